The standard InChI is InChI=1S/C18H25FO/c1-4-12-9-13(19)10-16-14-7-8-20-18(5-2,6-3)17(14)11-15(12)16/h9-10,14,17H,4-8,11H2,1-3H3. The number of fused-ring (bicyclic) bond motifs is 3. The van der Waals surface area contributed by atoms with Gasteiger partial charge in [0.1, 0.15) is 5.82 Å². The topological polar surface area (TPSA) is 9.23 Å². The van der Waals surface area contributed by atoms with E-state index in [1.165, 1.54) is 16.7 Å². The van der Waals surface area contributed by atoms with Crippen LogP contribution in [0, 0.1) is 11.7 Å². The number of hydrogen-bond acceptors (Lipinski definition) is 1. The fourth-order valence-corrected chi connectivity index (χ4v) is 4.57. The average molecular weight is 276 g/mol. The van der Waals surface area contributed by atoms with Gasteiger partial charge in [-0.05, 0) is 72.8 Å². The fraction of sp³-hybridized carbons (Fsp3) is 0.667. The second kappa shape index (κ2) is 5.14. The highest BCUT2D eigenvalue weighted by Crippen LogP contribution is 2.52. The maximum absolute atomic E-state index is 13.9. The van der Waals surface area contributed by atoms with Crippen LogP contribution in [0.5, 0.6) is 0 Å². The van der Waals surface area contributed by atoms with E-state index >= 15 is 0 Å². The van der Waals surface area contributed by atoms with Crippen molar-refractivity contribution < 1.29 is 9.13 Å². The van der Waals surface area contributed by atoms with E-state index in [1.807, 2.05) is 0 Å². The minimum atomic E-state index is -0.0636. The number of benzene rings is 1. The largest absolute Gasteiger partial charge is 0.375 e. The van der Waals surface area contributed by atoms with Crippen molar-refractivity contribution in [1.29, 1.82) is 0 Å². The van der Waals surface area contributed by atoms with Crippen molar-refractivity contribution in [2.24, 2.45) is 5.92 Å². The molecule has 1 aromatic carbocycles. The minimum Gasteiger partial charge on any atom is -0.375 e. The van der Waals surface area contributed by atoms with Crippen molar-refractivity contribution in [1.82, 2.24) is 0 Å². The van der Waals surface area contributed by atoms with E-state index in [2.05, 4.69) is 20.8 Å². The molecule has 0 radical (unpaired) electrons. The molecule has 0 bridgehead atoms. The molecule has 1 nitrogen and oxygen atoms in total. The lowest BCUT2D eigenvalue weighted by Crippen LogP contribution is -2.46. The van der Waals surface area contributed by atoms with Gasteiger partial charge in [0.2, 0.25) is 0 Å². The maximum Gasteiger partial charge on any atom is 0.123 e. The molecule has 1 heterocycles. The van der Waals surface area contributed by atoms with Crippen molar-refractivity contribution >= 4 is 0 Å². The average Bonchev–Trinajstić information content (AvgIpc) is 2.85. The second-order valence-electron chi connectivity index (χ2n) is 6.31. The number of rotatable bonds is 3. The first-order valence-corrected chi connectivity index (χ1v) is 8.10. The highest BCUT2D eigenvalue weighted by molar-refractivity contribution is 5.44. The van der Waals surface area contributed by atoms with Gasteiger partial charge in [0.15, 0.2) is 0 Å². The zero-order valence-corrected chi connectivity index (χ0v) is 12.8. The van der Waals surface area contributed by atoms with Gasteiger partial charge in [0, 0.05) is 6.61 Å². The molecule has 0 N–H and O–H groups in total. The molecule has 0 amide bonds. The highest BCUT2D eigenvalue weighted by Gasteiger charge is 2.49. The van der Waals surface area contributed by atoms with E-state index in [1.54, 1.807) is 12.1 Å². The fourth-order valence-electron chi connectivity index (χ4n) is 4.57. The van der Waals surface area contributed by atoms with E-state index in [0.717, 1.165) is 38.7 Å². The van der Waals surface area contributed by atoms with Crippen LogP contribution in [0.15, 0.2) is 12.1 Å². The van der Waals surface area contributed by atoms with Crippen LogP contribution in [0.3, 0.4) is 0 Å². The molecule has 110 valence electrons. The van der Waals surface area contributed by atoms with E-state index in [4.69, 9.17) is 4.74 Å². The Bertz CT molecular complexity index is 504. The third kappa shape index (κ3) is 1.92. The van der Waals surface area contributed by atoms with Crippen LogP contribution in [0.4, 0.5) is 4.39 Å². The SMILES string of the molecule is CCc1cc(F)cc2c1CC1C2CCOC1(CC)CC. The smallest absolute Gasteiger partial charge is 0.123 e. The van der Waals surface area contributed by atoms with Gasteiger partial charge in [0.25, 0.3) is 0 Å². The molecule has 2 aliphatic rings. The summed E-state index contributed by atoms with van der Waals surface area (Å²) in [5.74, 6) is 0.972. The summed E-state index contributed by atoms with van der Waals surface area (Å²) in [6.07, 6.45) is 5.16. The van der Waals surface area contributed by atoms with Crippen LogP contribution in [-0.2, 0) is 17.6 Å². The van der Waals surface area contributed by atoms with Gasteiger partial charge in [-0.2, -0.15) is 0 Å². The molecule has 1 fully saturated rings. The monoisotopic (exact) mass is 276 g/mol. The third-order valence-corrected chi connectivity index (χ3v) is 5.72. The molecule has 1 aliphatic heterocycles. The van der Waals surface area contributed by atoms with Gasteiger partial charge in [-0.3, -0.25) is 0 Å². The number of hydrogen-bond donors (Lipinski definition) is 0. The first kappa shape index (κ1) is 14.1. The van der Waals surface area contributed by atoms with Gasteiger partial charge in [-0.15, -0.1) is 0 Å². The summed E-state index contributed by atoms with van der Waals surface area (Å²) in [4.78, 5) is 0. The molecule has 0 spiro atoms. The Balaban J connectivity index is 2.06. The lowest BCUT2D eigenvalue weighted by molar-refractivity contribution is -0.128. The first-order valence-electron chi connectivity index (χ1n) is 8.10. The number of aryl methyl sites for hydroxylation is 1. The van der Waals surface area contributed by atoms with Crippen molar-refractivity contribution in [3.05, 3.63) is 34.6 Å². The minimum absolute atomic E-state index is 0.00340. The summed E-state index contributed by atoms with van der Waals surface area (Å²) in [5.41, 5.74) is 3.90. The molecule has 3 rings (SSSR count). The lowest BCUT2D eigenvalue weighted by atomic mass is 9.72. The Morgan fingerprint density at radius 2 is 2.00 bits per heavy atom. The van der Waals surface area contributed by atoms with Crippen LogP contribution in [0.1, 0.15) is 62.6 Å². The number of halogens is 1. The second-order valence-corrected chi connectivity index (χ2v) is 6.31. The van der Waals surface area contributed by atoms with Gasteiger partial charge >= 0.3 is 0 Å². The number of ether oxygens (including phenoxy) is 1. The van der Waals surface area contributed by atoms with Gasteiger partial charge < -0.3 is 4.74 Å². The molecule has 1 saturated heterocycles. The summed E-state index contributed by atoms with van der Waals surface area (Å²) < 4.78 is 20.1. The lowest BCUT2D eigenvalue weighted by Gasteiger charge is -2.45. The molecule has 0 saturated carbocycles. The van der Waals surface area contributed by atoms with E-state index in [0.29, 0.717) is 11.8 Å². The maximum atomic E-state index is 13.9. The molecule has 0 aromatic heterocycles. The van der Waals surface area contributed by atoms with Crippen LogP contribution >= 0.6 is 0 Å². The van der Waals surface area contributed by atoms with Crippen molar-refractivity contribution in [3.63, 3.8) is 0 Å². The van der Waals surface area contributed by atoms with E-state index in [-0.39, 0.29) is 11.4 Å². The van der Waals surface area contributed by atoms with Crippen molar-refractivity contribution in [3.8, 4) is 0 Å². The molecular weight excluding hydrogens is 251 g/mol. The summed E-state index contributed by atoms with van der Waals surface area (Å²) >= 11 is 0. The molecule has 1 aliphatic carbocycles. The summed E-state index contributed by atoms with van der Waals surface area (Å²) in [7, 11) is 0. The van der Waals surface area contributed by atoms with Crippen LogP contribution in [-0.4, -0.2) is 12.2 Å². The predicted molar refractivity (Wildman–Crippen MR) is 79.6 cm³/mol. The van der Waals surface area contributed by atoms with E-state index in [9.17, 15) is 4.39 Å². The highest BCUT2D eigenvalue weighted by atomic mass is 19.1. The van der Waals surface area contributed by atoms with Crippen LogP contribution in [0.25, 0.3) is 0 Å². The normalized spacial score (nSPS) is 27.2. The Kier molecular flexibility index (Phi) is 3.62. The Labute approximate surface area is 121 Å². The van der Waals surface area contributed by atoms with Crippen LogP contribution < -0.4 is 0 Å². The molecule has 2 atom stereocenters. The van der Waals surface area contributed by atoms with E-state index < -0.39 is 0 Å². The molecule has 2 heteroatoms. The summed E-state index contributed by atoms with van der Waals surface area (Å²) in [6.45, 7) is 7.41. The van der Waals surface area contributed by atoms with Crippen LogP contribution in [0.2, 0.25) is 0 Å². The molecule has 1 aromatic rings. The molecule has 2 unspecified atom stereocenters. The Morgan fingerprint density at radius 3 is 2.65 bits per heavy atom. The summed E-state index contributed by atoms with van der Waals surface area (Å²) in [5, 5.41) is 0. The summed E-state index contributed by atoms with van der Waals surface area (Å²) in [6, 6.07) is 3.52. The van der Waals surface area contributed by atoms with Gasteiger partial charge in [-0.1, -0.05) is 20.8 Å². The quantitative estimate of drug-likeness (QED) is 0.782. The predicted octanol–water partition coefficient (Wildman–Crippen LogP) is 4.62. The van der Waals surface area contributed by atoms with Gasteiger partial charge in [0.05, 0.1) is 5.60 Å². The zero-order chi connectivity index (χ0) is 14.3. The zero-order valence-electron chi connectivity index (χ0n) is 12.8. The van der Waals surface area contributed by atoms with Gasteiger partial charge in [-0.25, -0.2) is 4.39 Å². The molecular formula is C18H25FO. The van der Waals surface area contributed by atoms with Crippen molar-refractivity contribution in [2.45, 2.75) is 64.4 Å². The first-order chi connectivity index (χ1) is 9.65. The Hall–Kier alpha value is -0.890. The third-order valence-electron chi connectivity index (χ3n) is 5.72. The Morgan fingerprint density at radius 1 is 1.25 bits per heavy atom. The molecule has 20 heavy (non-hydrogen) atoms. The van der Waals surface area contributed by atoms with Crippen molar-refractivity contribution in [2.75, 3.05) is 6.61 Å².